The molecule has 3 rings (SSSR count). The molecule has 0 spiro atoms. The summed E-state index contributed by atoms with van der Waals surface area (Å²) in [4.78, 5) is 11.9. The van der Waals surface area contributed by atoms with E-state index in [1.165, 1.54) is 18.3 Å². The summed E-state index contributed by atoms with van der Waals surface area (Å²) >= 11 is 5.98. The number of rotatable bonds is 10. The maximum absolute atomic E-state index is 13.3. The number of para-hydroxylation sites is 1. The van der Waals surface area contributed by atoms with Gasteiger partial charge >= 0.3 is 0 Å². The first kappa shape index (κ1) is 23.1. The molecule has 0 fully saturated rings. The standard InChI is InChI=1S/C24H22ClFN2O4/c1-2-30-23-13-17(10-11-22(23)31-15-18-6-5-7-19(26)12-18)14-27-28-24(29)16-32-21-9-4-3-8-20(21)25/h3-14H,2,15-16H2,1H3,(H,28,29)/b27-14-. The monoisotopic (exact) mass is 456 g/mol. The second-order valence-electron chi connectivity index (χ2n) is 6.57. The van der Waals surface area contributed by atoms with E-state index in [2.05, 4.69) is 10.5 Å². The number of halogens is 2. The number of amides is 1. The molecule has 3 aromatic rings. The summed E-state index contributed by atoms with van der Waals surface area (Å²) in [6.07, 6.45) is 1.48. The molecule has 0 aliphatic rings. The Morgan fingerprint density at radius 3 is 2.62 bits per heavy atom. The summed E-state index contributed by atoms with van der Waals surface area (Å²) in [6.45, 7) is 2.27. The predicted molar refractivity (Wildman–Crippen MR) is 121 cm³/mol. The number of hydrogen-bond acceptors (Lipinski definition) is 5. The van der Waals surface area contributed by atoms with Crippen molar-refractivity contribution in [1.29, 1.82) is 0 Å². The molecular formula is C24H22ClFN2O4. The fourth-order valence-electron chi connectivity index (χ4n) is 2.70. The van der Waals surface area contributed by atoms with Crippen LogP contribution in [-0.4, -0.2) is 25.3 Å². The van der Waals surface area contributed by atoms with E-state index < -0.39 is 5.91 Å². The molecule has 32 heavy (non-hydrogen) atoms. The Morgan fingerprint density at radius 1 is 1.00 bits per heavy atom. The minimum Gasteiger partial charge on any atom is -0.490 e. The molecule has 0 saturated carbocycles. The van der Waals surface area contributed by atoms with Crippen LogP contribution in [0.4, 0.5) is 4.39 Å². The van der Waals surface area contributed by atoms with Crippen LogP contribution < -0.4 is 19.6 Å². The van der Waals surface area contributed by atoms with E-state index in [-0.39, 0.29) is 19.0 Å². The average molecular weight is 457 g/mol. The van der Waals surface area contributed by atoms with Gasteiger partial charge in [0.25, 0.3) is 5.91 Å². The van der Waals surface area contributed by atoms with Gasteiger partial charge in [-0.15, -0.1) is 0 Å². The topological polar surface area (TPSA) is 69.2 Å². The second-order valence-corrected chi connectivity index (χ2v) is 6.98. The van der Waals surface area contributed by atoms with Crippen molar-refractivity contribution in [1.82, 2.24) is 5.43 Å². The van der Waals surface area contributed by atoms with E-state index >= 15 is 0 Å². The average Bonchev–Trinajstić information content (AvgIpc) is 2.78. The summed E-state index contributed by atoms with van der Waals surface area (Å²) in [5.41, 5.74) is 3.80. The first-order valence-corrected chi connectivity index (χ1v) is 10.3. The number of ether oxygens (including phenoxy) is 3. The lowest BCUT2D eigenvalue weighted by Crippen LogP contribution is -2.24. The molecule has 6 nitrogen and oxygen atoms in total. The van der Waals surface area contributed by atoms with Crippen molar-refractivity contribution in [2.45, 2.75) is 13.5 Å². The summed E-state index contributed by atoms with van der Waals surface area (Å²) in [5.74, 6) is 0.707. The summed E-state index contributed by atoms with van der Waals surface area (Å²) < 4.78 is 30.1. The molecule has 1 amide bonds. The number of hydrogen-bond donors (Lipinski definition) is 1. The third-order valence-electron chi connectivity index (χ3n) is 4.15. The normalized spacial score (nSPS) is 10.7. The van der Waals surface area contributed by atoms with Gasteiger partial charge in [0.2, 0.25) is 0 Å². The Balaban J connectivity index is 1.56. The van der Waals surface area contributed by atoms with Crippen molar-refractivity contribution in [2.75, 3.05) is 13.2 Å². The highest BCUT2D eigenvalue weighted by atomic mass is 35.5. The smallest absolute Gasteiger partial charge is 0.277 e. The van der Waals surface area contributed by atoms with E-state index in [0.717, 1.165) is 0 Å². The Labute approximate surface area is 190 Å². The largest absolute Gasteiger partial charge is 0.490 e. The second kappa shape index (κ2) is 11.7. The van der Waals surface area contributed by atoms with Crippen molar-refractivity contribution in [3.8, 4) is 17.2 Å². The van der Waals surface area contributed by atoms with Gasteiger partial charge in [-0.2, -0.15) is 5.10 Å². The van der Waals surface area contributed by atoms with Crippen LogP contribution in [0.25, 0.3) is 0 Å². The predicted octanol–water partition coefficient (Wildman–Crippen LogP) is 4.99. The quantitative estimate of drug-likeness (QED) is 0.345. The molecule has 1 N–H and O–H groups in total. The van der Waals surface area contributed by atoms with Crippen molar-refractivity contribution in [3.05, 3.63) is 88.7 Å². The molecule has 0 atom stereocenters. The molecule has 0 radical (unpaired) electrons. The van der Waals surface area contributed by atoms with E-state index in [1.807, 2.05) is 6.92 Å². The van der Waals surface area contributed by atoms with Gasteiger partial charge in [-0.05, 0) is 60.5 Å². The summed E-state index contributed by atoms with van der Waals surface area (Å²) in [5, 5.41) is 4.36. The van der Waals surface area contributed by atoms with Gasteiger partial charge in [-0.1, -0.05) is 35.9 Å². The van der Waals surface area contributed by atoms with Crippen molar-refractivity contribution >= 4 is 23.7 Å². The molecule has 0 unspecified atom stereocenters. The van der Waals surface area contributed by atoms with Crippen LogP contribution in [0.1, 0.15) is 18.1 Å². The number of carbonyl (C=O) groups is 1. The van der Waals surface area contributed by atoms with Crippen LogP contribution in [0.2, 0.25) is 5.02 Å². The molecular weight excluding hydrogens is 435 g/mol. The highest BCUT2D eigenvalue weighted by Gasteiger charge is 2.08. The highest BCUT2D eigenvalue weighted by Crippen LogP contribution is 2.29. The van der Waals surface area contributed by atoms with Crippen molar-refractivity contribution < 1.29 is 23.4 Å². The molecule has 0 aliphatic heterocycles. The van der Waals surface area contributed by atoms with Gasteiger partial charge in [0.15, 0.2) is 18.1 Å². The van der Waals surface area contributed by atoms with Crippen LogP contribution in [0.5, 0.6) is 17.2 Å². The van der Waals surface area contributed by atoms with Crippen LogP contribution in [0, 0.1) is 5.82 Å². The third-order valence-corrected chi connectivity index (χ3v) is 4.46. The number of hydrazone groups is 1. The van der Waals surface area contributed by atoms with E-state index in [0.29, 0.717) is 40.0 Å². The zero-order chi connectivity index (χ0) is 22.8. The maximum Gasteiger partial charge on any atom is 0.277 e. The number of carbonyl (C=O) groups excluding carboxylic acids is 1. The summed E-state index contributed by atoms with van der Waals surface area (Å²) in [6, 6.07) is 18.3. The lowest BCUT2D eigenvalue weighted by molar-refractivity contribution is -0.123. The van der Waals surface area contributed by atoms with E-state index in [4.69, 9.17) is 25.8 Å². The minimum absolute atomic E-state index is 0.201. The number of nitrogens with zero attached hydrogens (tertiary/aromatic N) is 1. The maximum atomic E-state index is 13.3. The lowest BCUT2D eigenvalue weighted by atomic mass is 10.2. The van der Waals surface area contributed by atoms with Crippen LogP contribution in [-0.2, 0) is 11.4 Å². The van der Waals surface area contributed by atoms with Gasteiger partial charge in [0, 0.05) is 0 Å². The molecule has 0 saturated heterocycles. The zero-order valence-corrected chi connectivity index (χ0v) is 18.1. The van der Waals surface area contributed by atoms with Crippen LogP contribution >= 0.6 is 11.6 Å². The fourth-order valence-corrected chi connectivity index (χ4v) is 2.89. The van der Waals surface area contributed by atoms with Gasteiger partial charge in [0.1, 0.15) is 18.2 Å². The van der Waals surface area contributed by atoms with Gasteiger partial charge in [0.05, 0.1) is 17.8 Å². The molecule has 0 aromatic heterocycles. The molecule has 0 bridgehead atoms. The molecule has 3 aromatic carbocycles. The fraction of sp³-hybridized carbons (Fsp3) is 0.167. The number of benzene rings is 3. The molecule has 166 valence electrons. The van der Waals surface area contributed by atoms with Crippen LogP contribution in [0.3, 0.4) is 0 Å². The van der Waals surface area contributed by atoms with Crippen LogP contribution in [0.15, 0.2) is 71.8 Å². The number of nitrogens with one attached hydrogen (secondary N) is 1. The van der Waals surface area contributed by atoms with Gasteiger partial charge < -0.3 is 14.2 Å². The zero-order valence-electron chi connectivity index (χ0n) is 17.4. The molecule has 8 heteroatoms. The molecule has 0 heterocycles. The summed E-state index contributed by atoms with van der Waals surface area (Å²) in [7, 11) is 0. The Bertz CT molecular complexity index is 1090. The Hall–Kier alpha value is -3.58. The highest BCUT2D eigenvalue weighted by molar-refractivity contribution is 6.32. The van der Waals surface area contributed by atoms with Crippen molar-refractivity contribution in [2.24, 2.45) is 5.10 Å². The van der Waals surface area contributed by atoms with Gasteiger partial charge in [-0.25, -0.2) is 9.82 Å². The first-order chi connectivity index (χ1) is 15.5. The minimum atomic E-state index is -0.429. The van der Waals surface area contributed by atoms with Crippen molar-refractivity contribution in [3.63, 3.8) is 0 Å². The third kappa shape index (κ3) is 6.99. The Morgan fingerprint density at radius 2 is 1.84 bits per heavy atom. The lowest BCUT2D eigenvalue weighted by Gasteiger charge is -2.12. The SMILES string of the molecule is CCOc1cc(/C=N\NC(=O)COc2ccccc2Cl)ccc1OCc1cccc(F)c1. The van der Waals surface area contributed by atoms with Gasteiger partial charge in [-0.3, -0.25) is 4.79 Å². The first-order valence-electron chi connectivity index (χ1n) is 9.88. The Kier molecular flexibility index (Phi) is 8.45. The molecule has 0 aliphatic carbocycles. The van der Waals surface area contributed by atoms with E-state index in [9.17, 15) is 9.18 Å². The van der Waals surface area contributed by atoms with E-state index in [1.54, 1.807) is 54.6 Å².